The van der Waals surface area contributed by atoms with Gasteiger partial charge in [-0.25, -0.2) is 4.79 Å². The highest BCUT2D eigenvalue weighted by molar-refractivity contribution is 8.00. The average Bonchev–Trinajstić information content (AvgIpc) is 2.42. The van der Waals surface area contributed by atoms with E-state index in [0.29, 0.717) is 11.0 Å². The van der Waals surface area contributed by atoms with Crippen molar-refractivity contribution in [1.82, 2.24) is 5.32 Å². The van der Waals surface area contributed by atoms with Crippen molar-refractivity contribution in [3.05, 3.63) is 35.9 Å². The van der Waals surface area contributed by atoms with E-state index in [1.807, 2.05) is 30.3 Å². The van der Waals surface area contributed by atoms with Gasteiger partial charge in [0, 0.05) is 5.75 Å². The van der Waals surface area contributed by atoms with Gasteiger partial charge in [-0.3, -0.25) is 0 Å². The quantitative estimate of drug-likeness (QED) is 0.799. The van der Waals surface area contributed by atoms with Crippen LogP contribution in [0.1, 0.15) is 5.56 Å². The van der Waals surface area contributed by atoms with Crippen molar-refractivity contribution < 1.29 is 14.3 Å². The van der Waals surface area contributed by atoms with E-state index < -0.39 is 5.54 Å². The van der Waals surface area contributed by atoms with Gasteiger partial charge in [0.2, 0.25) is 0 Å². The van der Waals surface area contributed by atoms with Gasteiger partial charge >= 0.3 is 5.97 Å². The summed E-state index contributed by atoms with van der Waals surface area (Å²) in [5, 5.41) is 3.62. The van der Waals surface area contributed by atoms with E-state index in [1.54, 1.807) is 18.8 Å². The van der Waals surface area contributed by atoms with Gasteiger partial charge < -0.3 is 14.8 Å². The number of esters is 1. The maximum Gasteiger partial charge on any atom is 0.331 e. The Bertz CT molecular complexity index is 422. The highest BCUT2D eigenvalue weighted by atomic mass is 32.2. The molecule has 1 heterocycles. The van der Waals surface area contributed by atoms with Crippen LogP contribution in [0.3, 0.4) is 0 Å². The number of ether oxygens (including phenoxy) is 2. The van der Waals surface area contributed by atoms with Crippen LogP contribution in [0.5, 0.6) is 0 Å². The maximum atomic E-state index is 12.3. The summed E-state index contributed by atoms with van der Waals surface area (Å²) in [5.74, 6) is 0.378. The molecule has 1 saturated heterocycles. The number of carbonyl (C=O) groups excluding carboxylic acids is 1. The number of carbonyl (C=O) groups is 1. The number of benzene rings is 1. The smallest absolute Gasteiger partial charge is 0.331 e. The molecule has 0 aromatic heterocycles. The number of nitrogens with one attached hydrogen (secondary N) is 1. The van der Waals surface area contributed by atoms with Gasteiger partial charge in [0.05, 0.1) is 25.6 Å². The number of hydrogen-bond donors (Lipinski definition) is 1. The fourth-order valence-electron chi connectivity index (χ4n) is 2.03. The molecular weight excluding hydrogens is 262 g/mol. The first-order valence-electron chi connectivity index (χ1n) is 6.25. The number of likely N-dealkylation sites (N-methyl/N-ethyl adjacent to an activating group) is 1. The fourth-order valence-corrected chi connectivity index (χ4v) is 3.33. The molecule has 0 radical (unpaired) electrons. The molecule has 0 saturated carbocycles. The van der Waals surface area contributed by atoms with Gasteiger partial charge in [0.15, 0.2) is 5.54 Å². The summed E-state index contributed by atoms with van der Waals surface area (Å²) in [5.41, 5.74) is 0.132. The molecule has 1 aromatic rings. The third kappa shape index (κ3) is 2.94. The molecule has 0 spiro atoms. The predicted octanol–water partition coefficient (Wildman–Crippen LogP) is 1.41. The van der Waals surface area contributed by atoms with Crippen LogP contribution in [0.25, 0.3) is 0 Å². The number of hydrogen-bond acceptors (Lipinski definition) is 5. The molecule has 2 rings (SSSR count). The van der Waals surface area contributed by atoms with E-state index in [-0.39, 0.29) is 5.97 Å². The standard InChI is InChI=1S/C14H19NO3S/c1-15-14(13(16)17-2,10-19-12-8-18-9-12)11-6-4-3-5-7-11/h3-7,12,15H,8-10H2,1-2H3. The van der Waals surface area contributed by atoms with Crippen LogP contribution in [0.15, 0.2) is 30.3 Å². The summed E-state index contributed by atoms with van der Waals surface area (Å²) in [6.07, 6.45) is 0. The molecule has 1 aromatic carbocycles. The van der Waals surface area contributed by atoms with Crippen molar-refractivity contribution in [2.24, 2.45) is 0 Å². The predicted molar refractivity (Wildman–Crippen MR) is 76.3 cm³/mol. The largest absolute Gasteiger partial charge is 0.467 e. The molecular formula is C14H19NO3S. The third-order valence-electron chi connectivity index (χ3n) is 3.37. The van der Waals surface area contributed by atoms with Crippen molar-refractivity contribution in [2.45, 2.75) is 10.8 Å². The van der Waals surface area contributed by atoms with Gasteiger partial charge in [0.1, 0.15) is 0 Å². The summed E-state index contributed by atoms with van der Waals surface area (Å²) in [6, 6.07) is 9.70. The molecule has 1 fully saturated rings. The second kappa shape index (κ2) is 6.41. The van der Waals surface area contributed by atoms with E-state index in [0.717, 1.165) is 18.8 Å². The van der Waals surface area contributed by atoms with Gasteiger partial charge in [-0.15, -0.1) is 0 Å². The maximum absolute atomic E-state index is 12.3. The molecule has 0 amide bonds. The molecule has 0 aliphatic carbocycles. The summed E-state index contributed by atoms with van der Waals surface area (Å²) >= 11 is 1.74. The topological polar surface area (TPSA) is 47.6 Å². The second-order valence-corrected chi connectivity index (χ2v) is 5.77. The first-order valence-corrected chi connectivity index (χ1v) is 7.30. The van der Waals surface area contributed by atoms with E-state index in [1.165, 1.54) is 7.11 Å². The minimum absolute atomic E-state index is 0.256. The number of methoxy groups -OCH3 is 1. The van der Waals surface area contributed by atoms with Crippen molar-refractivity contribution in [3.63, 3.8) is 0 Å². The molecule has 0 bridgehead atoms. The molecule has 4 nitrogen and oxygen atoms in total. The monoisotopic (exact) mass is 281 g/mol. The zero-order valence-electron chi connectivity index (χ0n) is 11.2. The zero-order chi connectivity index (χ0) is 13.7. The van der Waals surface area contributed by atoms with Gasteiger partial charge in [0.25, 0.3) is 0 Å². The van der Waals surface area contributed by atoms with E-state index in [9.17, 15) is 4.79 Å². The molecule has 1 aliphatic heterocycles. The Kier molecular flexibility index (Phi) is 4.85. The molecule has 1 unspecified atom stereocenters. The minimum atomic E-state index is -0.795. The number of rotatable bonds is 6. The number of thioether (sulfide) groups is 1. The summed E-state index contributed by atoms with van der Waals surface area (Å²) in [4.78, 5) is 12.3. The van der Waals surface area contributed by atoms with Crippen molar-refractivity contribution in [2.75, 3.05) is 33.1 Å². The van der Waals surface area contributed by atoms with E-state index >= 15 is 0 Å². The summed E-state index contributed by atoms with van der Waals surface area (Å²) in [7, 11) is 3.22. The Labute approximate surface area is 117 Å². The molecule has 1 atom stereocenters. The Hall–Kier alpha value is -1.04. The van der Waals surface area contributed by atoms with Crippen LogP contribution in [0.2, 0.25) is 0 Å². The van der Waals surface area contributed by atoms with Crippen LogP contribution < -0.4 is 5.32 Å². The highest BCUT2D eigenvalue weighted by Gasteiger charge is 2.41. The normalized spacial score (nSPS) is 18.4. The van der Waals surface area contributed by atoms with Crippen LogP contribution in [-0.4, -0.2) is 44.3 Å². The Morgan fingerprint density at radius 3 is 2.63 bits per heavy atom. The first kappa shape index (κ1) is 14.4. The van der Waals surface area contributed by atoms with Crippen LogP contribution in [-0.2, 0) is 19.8 Å². The van der Waals surface area contributed by atoms with E-state index in [2.05, 4.69) is 5.32 Å². The Balaban J connectivity index is 2.22. The summed E-state index contributed by atoms with van der Waals surface area (Å²) in [6.45, 7) is 1.53. The van der Waals surface area contributed by atoms with Crippen molar-refractivity contribution in [1.29, 1.82) is 0 Å². The molecule has 5 heteroatoms. The van der Waals surface area contributed by atoms with Gasteiger partial charge in [-0.2, -0.15) is 11.8 Å². The lowest BCUT2D eigenvalue weighted by Crippen LogP contribution is -2.51. The van der Waals surface area contributed by atoms with Gasteiger partial charge in [-0.1, -0.05) is 30.3 Å². The lowest BCUT2D eigenvalue weighted by Gasteiger charge is -2.34. The second-order valence-electron chi connectivity index (χ2n) is 4.48. The lowest BCUT2D eigenvalue weighted by atomic mass is 9.92. The van der Waals surface area contributed by atoms with Crippen LogP contribution in [0.4, 0.5) is 0 Å². The summed E-state index contributed by atoms with van der Waals surface area (Å²) < 4.78 is 10.2. The molecule has 1 N–H and O–H groups in total. The van der Waals surface area contributed by atoms with Crippen molar-refractivity contribution in [3.8, 4) is 0 Å². The highest BCUT2D eigenvalue weighted by Crippen LogP contribution is 2.31. The average molecular weight is 281 g/mol. The molecule has 1 aliphatic rings. The zero-order valence-corrected chi connectivity index (χ0v) is 12.0. The fraction of sp³-hybridized carbons (Fsp3) is 0.500. The lowest BCUT2D eigenvalue weighted by molar-refractivity contribution is -0.147. The molecule has 104 valence electrons. The SMILES string of the molecule is CNC(CSC1COC1)(C(=O)OC)c1ccccc1. The van der Waals surface area contributed by atoms with Crippen LogP contribution >= 0.6 is 11.8 Å². The van der Waals surface area contributed by atoms with Gasteiger partial charge in [-0.05, 0) is 12.6 Å². The third-order valence-corrected chi connectivity index (χ3v) is 4.71. The molecule has 19 heavy (non-hydrogen) atoms. The van der Waals surface area contributed by atoms with Crippen LogP contribution in [0, 0.1) is 0 Å². The minimum Gasteiger partial charge on any atom is -0.467 e. The van der Waals surface area contributed by atoms with Crippen molar-refractivity contribution >= 4 is 17.7 Å². The first-order chi connectivity index (χ1) is 9.23. The van der Waals surface area contributed by atoms with E-state index in [4.69, 9.17) is 9.47 Å². The Morgan fingerprint density at radius 2 is 2.16 bits per heavy atom. The Morgan fingerprint density at radius 1 is 1.47 bits per heavy atom.